The molecular weight excluding hydrogens is 128 g/mol. The highest BCUT2D eigenvalue weighted by Gasteiger charge is 2.33. The predicted octanol–water partition coefficient (Wildman–Crippen LogP) is 0.694. The Kier molecular flexibility index (Phi) is 2.46. The topological polar surface area (TPSA) is 40.5 Å². The fourth-order valence-electron chi connectivity index (χ4n) is 1.06. The van der Waals surface area contributed by atoms with E-state index >= 15 is 0 Å². The summed E-state index contributed by atoms with van der Waals surface area (Å²) >= 11 is 0. The van der Waals surface area contributed by atoms with Gasteiger partial charge in [0.2, 0.25) is 0 Å². The summed E-state index contributed by atoms with van der Waals surface area (Å²) in [7, 11) is 0. The van der Waals surface area contributed by atoms with Crippen LogP contribution in [-0.4, -0.2) is 22.4 Å². The molecule has 1 fully saturated rings. The van der Waals surface area contributed by atoms with Crippen LogP contribution >= 0.6 is 0 Å². The second-order valence-corrected chi connectivity index (χ2v) is 2.92. The molecule has 0 aromatic carbocycles. The van der Waals surface area contributed by atoms with Gasteiger partial charge < -0.3 is 10.2 Å². The first-order valence-electron chi connectivity index (χ1n) is 3.72. The van der Waals surface area contributed by atoms with Crippen molar-refractivity contribution in [3.05, 3.63) is 12.7 Å². The highest BCUT2D eigenvalue weighted by molar-refractivity contribution is 4.88. The fourth-order valence-corrected chi connectivity index (χ4v) is 1.06. The summed E-state index contributed by atoms with van der Waals surface area (Å²) in [6.07, 6.45) is 3.15. The van der Waals surface area contributed by atoms with Gasteiger partial charge >= 0.3 is 0 Å². The van der Waals surface area contributed by atoms with Gasteiger partial charge in [-0.3, -0.25) is 0 Å². The van der Waals surface area contributed by atoms with E-state index < -0.39 is 12.2 Å². The SMILES string of the molecule is C=CCC(O)C(O)C1CC1. The van der Waals surface area contributed by atoms with Crippen LogP contribution in [0.15, 0.2) is 12.7 Å². The minimum absolute atomic E-state index is 0.356. The zero-order valence-electron chi connectivity index (χ0n) is 6.03. The second-order valence-electron chi connectivity index (χ2n) is 2.92. The van der Waals surface area contributed by atoms with Gasteiger partial charge in [-0.2, -0.15) is 0 Å². The van der Waals surface area contributed by atoms with E-state index in [4.69, 9.17) is 0 Å². The second kappa shape index (κ2) is 3.17. The van der Waals surface area contributed by atoms with Gasteiger partial charge in [0.15, 0.2) is 0 Å². The highest BCUT2D eigenvalue weighted by Crippen LogP contribution is 2.34. The van der Waals surface area contributed by atoms with Gasteiger partial charge in [-0.25, -0.2) is 0 Å². The Morgan fingerprint density at radius 3 is 2.50 bits per heavy atom. The number of aliphatic hydroxyl groups excluding tert-OH is 2. The molecule has 2 nitrogen and oxygen atoms in total. The van der Waals surface area contributed by atoms with Crippen molar-refractivity contribution < 1.29 is 10.2 Å². The molecule has 0 aliphatic heterocycles. The Balaban J connectivity index is 2.23. The van der Waals surface area contributed by atoms with Crippen LogP contribution in [0.5, 0.6) is 0 Å². The monoisotopic (exact) mass is 142 g/mol. The average molecular weight is 142 g/mol. The van der Waals surface area contributed by atoms with E-state index in [1.807, 2.05) is 0 Å². The molecule has 2 N–H and O–H groups in total. The van der Waals surface area contributed by atoms with Crippen LogP contribution in [0, 0.1) is 5.92 Å². The molecule has 0 amide bonds. The summed E-state index contributed by atoms with van der Waals surface area (Å²) in [5.74, 6) is 0.356. The molecule has 10 heavy (non-hydrogen) atoms. The zero-order valence-corrected chi connectivity index (χ0v) is 6.03. The molecule has 2 heteroatoms. The summed E-state index contributed by atoms with van der Waals surface area (Å²) < 4.78 is 0. The Bertz CT molecular complexity index is 118. The van der Waals surface area contributed by atoms with Gasteiger partial charge in [-0.05, 0) is 25.2 Å². The van der Waals surface area contributed by atoms with E-state index in [-0.39, 0.29) is 0 Å². The number of hydrogen-bond acceptors (Lipinski definition) is 2. The molecule has 0 heterocycles. The molecule has 0 saturated heterocycles. The molecule has 1 aliphatic carbocycles. The van der Waals surface area contributed by atoms with E-state index in [0.717, 1.165) is 12.8 Å². The highest BCUT2D eigenvalue weighted by atomic mass is 16.3. The molecule has 1 saturated carbocycles. The molecule has 0 radical (unpaired) electrons. The Hall–Kier alpha value is -0.340. The maximum Gasteiger partial charge on any atom is 0.0836 e. The predicted molar refractivity (Wildman–Crippen MR) is 39.6 cm³/mol. The van der Waals surface area contributed by atoms with Gasteiger partial charge in [0.25, 0.3) is 0 Å². The number of aliphatic hydroxyl groups is 2. The van der Waals surface area contributed by atoms with Crippen LogP contribution in [0.3, 0.4) is 0 Å². The lowest BCUT2D eigenvalue weighted by Crippen LogP contribution is -2.26. The molecule has 2 unspecified atom stereocenters. The van der Waals surface area contributed by atoms with Crippen molar-refractivity contribution in [2.24, 2.45) is 5.92 Å². The van der Waals surface area contributed by atoms with Crippen LogP contribution in [0.1, 0.15) is 19.3 Å². The Morgan fingerprint density at radius 2 is 2.10 bits per heavy atom. The smallest absolute Gasteiger partial charge is 0.0836 e. The van der Waals surface area contributed by atoms with Crippen LogP contribution in [0.25, 0.3) is 0 Å². The molecule has 0 bridgehead atoms. The number of rotatable bonds is 4. The molecule has 1 aliphatic rings. The van der Waals surface area contributed by atoms with E-state index in [1.165, 1.54) is 0 Å². The molecule has 2 atom stereocenters. The molecule has 0 spiro atoms. The lowest BCUT2D eigenvalue weighted by Gasteiger charge is -2.14. The first-order chi connectivity index (χ1) is 4.75. The van der Waals surface area contributed by atoms with Gasteiger partial charge in [-0.1, -0.05) is 6.08 Å². The van der Waals surface area contributed by atoms with Crippen molar-refractivity contribution in [3.8, 4) is 0 Å². The lowest BCUT2D eigenvalue weighted by molar-refractivity contribution is 0.00829. The summed E-state index contributed by atoms with van der Waals surface area (Å²) in [6, 6.07) is 0. The third-order valence-electron chi connectivity index (χ3n) is 1.91. The summed E-state index contributed by atoms with van der Waals surface area (Å²) in [6.45, 7) is 3.49. The fraction of sp³-hybridized carbons (Fsp3) is 0.750. The largest absolute Gasteiger partial charge is 0.390 e. The molecule has 58 valence electrons. The van der Waals surface area contributed by atoms with Gasteiger partial charge in [0.05, 0.1) is 12.2 Å². The summed E-state index contributed by atoms with van der Waals surface area (Å²) in [5.41, 5.74) is 0. The van der Waals surface area contributed by atoms with Gasteiger partial charge in [0.1, 0.15) is 0 Å². The van der Waals surface area contributed by atoms with E-state index in [9.17, 15) is 10.2 Å². The van der Waals surface area contributed by atoms with Crippen LogP contribution in [0.4, 0.5) is 0 Å². The minimum atomic E-state index is -0.593. The van der Waals surface area contributed by atoms with Crippen LogP contribution in [0.2, 0.25) is 0 Å². The van der Waals surface area contributed by atoms with Crippen molar-refractivity contribution in [2.75, 3.05) is 0 Å². The standard InChI is InChI=1S/C8H14O2/c1-2-3-7(9)8(10)6-4-5-6/h2,6-10H,1,3-5H2. The molecule has 0 aromatic heterocycles. The molecular formula is C8H14O2. The van der Waals surface area contributed by atoms with Crippen molar-refractivity contribution in [1.29, 1.82) is 0 Å². The third kappa shape index (κ3) is 1.82. The van der Waals surface area contributed by atoms with Crippen LogP contribution < -0.4 is 0 Å². The van der Waals surface area contributed by atoms with Gasteiger partial charge in [-0.15, -0.1) is 6.58 Å². The third-order valence-corrected chi connectivity index (χ3v) is 1.91. The Labute approximate surface area is 61.2 Å². The van der Waals surface area contributed by atoms with Crippen molar-refractivity contribution in [2.45, 2.75) is 31.5 Å². The first kappa shape index (κ1) is 7.76. The van der Waals surface area contributed by atoms with Crippen LogP contribution in [-0.2, 0) is 0 Å². The van der Waals surface area contributed by atoms with Crippen molar-refractivity contribution >= 4 is 0 Å². The summed E-state index contributed by atoms with van der Waals surface area (Å²) in [4.78, 5) is 0. The van der Waals surface area contributed by atoms with Crippen molar-refractivity contribution in [3.63, 3.8) is 0 Å². The quantitative estimate of drug-likeness (QED) is 0.567. The first-order valence-corrected chi connectivity index (χ1v) is 3.72. The maximum absolute atomic E-state index is 9.29. The van der Waals surface area contributed by atoms with E-state index in [1.54, 1.807) is 6.08 Å². The Morgan fingerprint density at radius 1 is 1.50 bits per heavy atom. The van der Waals surface area contributed by atoms with Crippen molar-refractivity contribution in [1.82, 2.24) is 0 Å². The number of hydrogen-bond donors (Lipinski definition) is 2. The zero-order chi connectivity index (χ0) is 7.56. The summed E-state index contributed by atoms with van der Waals surface area (Å²) in [5, 5.41) is 18.5. The maximum atomic E-state index is 9.29. The van der Waals surface area contributed by atoms with E-state index in [2.05, 4.69) is 6.58 Å². The lowest BCUT2D eigenvalue weighted by atomic mass is 10.1. The minimum Gasteiger partial charge on any atom is -0.390 e. The van der Waals surface area contributed by atoms with E-state index in [0.29, 0.717) is 12.3 Å². The molecule has 1 rings (SSSR count). The molecule has 0 aromatic rings. The normalized spacial score (nSPS) is 23.8. The van der Waals surface area contributed by atoms with Gasteiger partial charge in [0, 0.05) is 0 Å². The average Bonchev–Trinajstić information content (AvgIpc) is 2.68.